The Morgan fingerprint density at radius 2 is 2.28 bits per heavy atom. The van der Waals surface area contributed by atoms with Gasteiger partial charge in [-0.15, -0.1) is 0 Å². The van der Waals surface area contributed by atoms with Gasteiger partial charge in [0.1, 0.15) is 5.75 Å². The van der Waals surface area contributed by atoms with E-state index in [1.54, 1.807) is 18.2 Å². The molecule has 1 aromatic heterocycles. The Hall–Kier alpha value is -2.01. The number of phenolic OH excluding ortho intramolecular Hbond substituents is 1. The Labute approximate surface area is 105 Å². The molecular formula is C13H17N3O2. The van der Waals surface area contributed by atoms with Crippen LogP contribution in [-0.2, 0) is 0 Å². The number of aromatic hydroxyl groups is 1. The highest BCUT2D eigenvalue weighted by Crippen LogP contribution is 2.25. The van der Waals surface area contributed by atoms with Gasteiger partial charge in [-0.05, 0) is 32.0 Å². The molecule has 5 N–H and O–H groups in total. The van der Waals surface area contributed by atoms with Gasteiger partial charge in [0.25, 0.3) is 5.91 Å². The third kappa shape index (κ3) is 2.31. The molecule has 0 saturated heterocycles. The minimum absolute atomic E-state index is 0.0899. The monoisotopic (exact) mass is 247 g/mol. The molecule has 2 rings (SSSR count). The molecular weight excluding hydrogens is 230 g/mol. The number of aryl methyl sites for hydroxylation is 1. The van der Waals surface area contributed by atoms with Crippen molar-refractivity contribution in [3.8, 4) is 5.75 Å². The summed E-state index contributed by atoms with van der Waals surface area (Å²) in [6, 6.07) is 4.83. The summed E-state index contributed by atoms with van der Waals surface area (Å²) in [6.45, 7) is 4.08. The molecule has 1 amide bonds. The topological polar surface area (TPSA) is 91.1 Å². The van der Waals surface area contributed by atoms with E-state index in [-0.39, 0.29) is 17.7 Å². The second-order valence-corrected chi connectivity index (χ2v) is 4.54. The number of hydrogen-bond acceptors (Lipinski definition) is 3. The molecule has 1 aromatic carbocycles. The highest BCUT2D eigenvalue weighted by molar-refractivity contribution is 6.08. The van der Waals surface area contributed by atoms with E-state index in [0.29, 0.717) is 12.1 Å². The van der Waals surface area contributed by atoms with Crippen molar-refractivity contribution in [2.24, 2.45) is 5.73 Å². The zero-order valence-electron chi connectivity index (χ0n) is 10.4. The van der Waals surface area contributed by atoms with Crippen LogP contribution in [0, 0.1) is 6.92 Å². The predicted molar refractivity (Wildman–Crippen MR) is 70.7 cm³/mol. The van der Waals surface area contributed by atoms with Gasteiger partial charge in [0.15, 0.2) is 0 Å². The number of carbonyl (C=O) groups excluding carboxylic acids is 1. The van der Waals surface area contributed by atoms with Gasteiger partial charge in [0.05, 0.1) is 5.56 Å². The summed E-state index contributed by atoms with van der Waals surface area (Å²) in [7, 11) is 0. The Balaban J connectivity index is 2.40. The third-order valence-corrected chi connectivity index (χ3v) is 2.78. The molecule has 1 atom stereocenters. The fraction of sp³-hybridized carbons (Fsp3) is 0.308. The first kappa shape index (κ1) is 12.4. The molecule has 0 saturated carbocycles. The molecule has 0 fully saturated rings. The molecule has 0 aliphatic heterocycles. The Morgan fingerprint density at radius 3 is 2.94 bits per heavy atom. The number of hydrogen-bond donors (Lipinski definition) is 4. The number of nitrogens with one attached hydrogen (secondary N) is 2. The van der Waals surface area contributed by atoms with Gasteiger partial charge in [-0.1, -0.05) is 0 Å². The van der Waals surface area contributed by atoms with Crippen molar-refractivity contribution in [2.75, 3.05) is 6.54 Å². The average molecular weight is 247 g/mol. The van der Waals surface area contributed by atoms with Crippen LogP contribution in [-0.4, -0.2) is 28.6 Å². The summed E-state index contributed by atoms with van der Waals surface area (Å²) in [4.78, 5) is 15.2. The minimum atomic E-state index is -0.179. The molecule has 1 unspecified atom stereocenters. The van der Waals surface area contributed by atoms with Crippen molar-refractivity contribution in [1.29, 1.82) is 0 Å². The lowest BCUT2D eigenvalue weighted by Gasteiger charge is -2.07. The molecule has 5 nitrogen and oxygen atoms in total. The van der Waals surface area contributed by atoms with Gasteiger partial charge < -0.3 is 21.1 Å². The SMILES string of the molecule is Cc1[nH]c2ccc(O)cc2c1C(=O)NCC(C)N. The van der Waals surface area contributed by atoms with E-state index in [0.717, 1.165) is 16.6 Å². The molecule has 0 spiro atoms. The lowest BCUT2D eigenvalue weighted by atomic mass is 10.1. The zero-order valence-corrected chi connectivity index (χ0v) is 10.4. The first-order chi connectivity index (χ1) is 8.49. The van der Waals surface area contributed by atoms with E-state index >= 15 is 0 Å². The van der Waals surface area contributed by atoms with Gasteiger partial charge >= 0.3 is 0 Å². The van der Waals surface area contributed by atoms with E-state index in [4.69, 9.17) is 5.73 Å². The van der Waals surface area contributed by atoms with Crippen molar-refractivity contribution < 1.29 is 9.90 Å². The highest BCUT2D eigenvalue weighted by Gasteiger charge is 2.16. The number of amides is 1. The van der Waals surface area contributed by atoms with E-state index in [1.807, 2.05) is 13.8 Å². The molecule has 5 heteroatoms. The van der Waals surface area contributed by atoms with Crippen LogP contribution >= 0.6 is 0 Å². The number of phenols is 1. The lowest BCUT2D eigenvalue weighted by molar-refractivity contribution is 0.0953. The van der Waals surface area contributed by atoms with Crippen molar-refractivity contribution in [3.63, 3.8) is 0 Å². The number of aromatic nitrogens is 1. The molecule has 0 aliphatic rings. The van der Waals surface area contributed by atoms with Crippen LogP contribution in [0.15, 0.2) is 18.2 Å². The van der Waals surface area contributed by atoms with Crippen LogP contribution in [0.3, 0.4) is 0 Å². The summed E-state index contributed by atoms with van der Waals surface area (Å²) in [5.74, 6) is -0.0376. The maximum Gasteiger partial charge on any atom is 0.253 e. The summed E-state index contributed by atoms with van der Waals surface area (Å²) >= 11 is 0. The maximum atomic E-state index is 12.1. The number of rotatable bonds is 3. The maximum absolute atomic E-state index is 12.1. The van der Waals surface area contributed by atoms with Crippen LogP contribution in [0.25, 0.3) is 10.9 Å². The quantitative estimate of drug-likeness (QED) is 0.658. The van der Waals surface area contributed by atoms with Crippen LogP contribution in [0.1, 0.15) is 23.0 Å². The van der Waals surface area contributed by atoms with Crippen molar-refractivity contribution in [2.45, 2.75) is 19.9 Å². The van der Waals surface area contributed by atoms with Crippen molar-refractivity contribution >= 4 is 16.8 Å². The number of H-pyrrole nitrogens is 1. The number of carbonyl (C=O) groups is 1. The number of benzene rings is 1. The van der Waals surface area contributed by atoms with Gasteiger partial charge in [-0.3, -0.25) is 4.79 Å². The Morgan fingerprint density at radius 1 is 1.56 bits per heavy atom. The standard InChI is InChI=1S/C13H17N3O2/c1-7(14)6-15-13(18)12-8(2)16-11-4-3-9(17)5-10(11)12/h3-5,7,16-17H,6,14H2,1-2H3,(H,15,18). The minimum Gasteiger partial charge on any atom is -0.508 e. The summed E-state index contributed by atoms with van der Waals surface area (Å²) in [6.07, 6.45) is 0. The number of aromatic amines is 1. The summed E-state index contributed by atoms with van der Waals surface area (Å²) < 4.78 is 0. The molecule has 0 aliphatic carbocycles. The number of nitrogens with two attached hydrogens (primary N) is 1. The third-order valence-electron chi connectivity index (χ3n) is 2.78. The van der Waals surface area contributed by atoms with Gasteiger partial charge in [-0.25, -0.2) is 0 Å². The molecule has 96 valence electrons. The molecule has 1 heterocycles. The first-order valence-corrected chi connectivity index (χ1v) is 5.84. The van der Waals surface area contributed by atoms with Crippen LogP contribution in [0.4, 0.5) is 0 Å². The van der Waals surface area contributed by atoms with Crippen molar-refractivity contribution in [1.82, 2.24) is 10.3 Å². The molecule has 0 radical (unpaired) electrons. The van der Waals surface area contributed by atoms with Gasteiger partial charge in [0.2, 0.25) is 0 Å². The summed E-state index contributed by atoms with van der Waals surface area (Å²) in [5, 5.41) is 13.0. The fourth-order valence-corrected chi connectivity index (χ4v) is 1.95. The lowest BCUT2D eigenvalue weighted by Crippen LogP contribution is -2.35. The van der Waals surface area contributed by atoms with Crippen LogP contribution < -0.4 is 11.1 Å². The smallest absolute Gasteiger partial charge is 0.253 e. The highest BCUT2D eigenvalue weighted by atomic mass is 16.3. The molecule has 0 bridgehead atoms. The van der Waals surface area contributed by atoms with E-state index < -0.39 is 0 Å². The van der Waals surface area contributed by atoms with E-state index in [9.17, 15) is 9.90 Å². The molecule has 18 heavy (non-hydrogen) atoms. The zero-order chi connectivity index (χ0) is 13.3. The first-order valence-electron chi connectivity index (χ1n) is 5.84. The predicted octanol–water partition coefficient (Wildman–Crippen LogP) is 1.26. The largest absolute Gasteiger partial charge is 0.508 e. The van der Waals surface area contributed by atoms with E-state index in [2.05, 4.69) is 10.3 Å². The number of fused-ring (bicyclic) bond motifs is 1. The normalized spacial score (nSPS) is 12.6. The Kier molecular flexibility index (Phi) is 3.25. The van der Waals surface area contributed by atoms with E-state index in [1.165, 1.54) is 0 Å². The van der Waals surface area contributed by atoms with Gasteiger partial charge in [0, 0.05) is 29.2 Å². The fourth-order valence-electron chi connectivity index (χ4n) is 1.95. The van der Waals surface area contributed by atoms with Crippen LogP contribution in [0.2, 0.25) is 0 Å². The van der Waals surface area contributed by atoms with Gasteiger partial charge in [-0.2, -0.15) is 0 Å². The van der Waals surface area contributed by atoms with Crippen LogP contribution in [0.5, 0.6) is 5.75 Å². The second kappa shape index (κ2) is 4.70. The average Bonchev–Trinajstić information content (AvgIpc) is 2.61. The molecule has 2 aromatic rings. The second-order valence-electron chi connectivity index (χ2n) is 4.54. The summed E-state index contributed by atoms with van der Waals surface area (Å²) in [5.41, 5.74) is 7.77. The van der Waals surface area contributed by atoms with Crippen molar-refractivity contribution in [3.05, 3.63) is 29.5 Å². The Bertz CT molecular complexity index is 587.